The van der Waals surface area contributed by atoms with Gasteiger partial charge in [0, 0.05) is 6.92 Å². The van der Waals surface area contributed by atoms with Crippen molar-refractivity contribution in [2.75, 3.05) is 13.7 Å². The van der Waals surface area contributed by atoms with Crippen molar-refractivity contribution < 1.29 is 33.6 Å². The summed E-state index contributed by atoms with van der Waals surface area (Å²) in [6.45, 7) is 2.48. The molecule has 0 saturated carbocycles. The average Bonchev–Trinajstić information content (AvgIpc) is 2.94. The van der Waals surface area contributed by atoms with Gasteiger partial charge < -0.3 is 34.1 Å². The quantitative estimate of drug-likeness (QED) is 0.376. The molecule has 2 N–H and O–H groups in total. The smallest absolute Gasteiger partial charge is 0.217 e. The Balaban J connectivity index is 1.53. The monoisotopic (exact) mass is 521 g/mol. The number of hydrogen-bond donors (Lipinski definition) is 2. The van der Waals surface area contributed by atoms with Crippen LogP contribution in [0.5, 0.6) is 5.75 Å². The van der Waals surface area contributed by atoms with Crippen LogP contribution >= 0.6 is 0 Å². The maximum atomic E-state index is 12.0. The molecule has 0 spiro atoms. The Labute approximate surface area is 223 Å². The number of nitrogens with one attached hydrogen (secondary N) is 1. The summed E-state index contributed by atoms with van der Waals surface area (Å²) in [4.78, 5) is 12.0. The lowest BCUT2D eigenvalue weighted by atomic mass is 9.96. The third kappa shape index (κ3) is 7.86. The zero-order valence-electron chi connectivity index (χ0n) is 21.7. The van der Waals surface area contributed by atoms with E-state index in [1.54, 1.807) is 7.11 Å². The van der Waals surface area contributed by atoms with E-state index in [9.17, 15) is 9.90 Å². The molecule has 1 heterocycles. The van der Waals surface area contributed by atoms with Crippen LogP contribution in [0.15, 0.2) is 84.9 Å². The van der Waals surface area contributed by atoms with Gasteiger partial charge in [0.25, 0.3) is 0 Å². The Bertz CT molecular complexity index is 1110. The number of carbonyl (C=O) groups excluding carboxylic acids is 1. The van der Waals surface area contributed by atoms with Crippen LogP contribution < -0.4 is 10.1 Å². The van der Waals surface area contributed by atoms with E-state index < -0.39 is 30.6 Å². The summed E-state index contributed by atoms with van der Waals surface area (Å²) in [6.07, 6.45) is -3.28. The van der Waals surface area contributed by atoms with Crippen molar-refractivity contribution in [3.8, 4) is 5.75 Å². The Morgan fingerprint density at radius 3 is 1.95 bits per heavy atom. The largest absolute Gasteiger partial charge is 0.497 e. The van der Waals surface area contributed by atoms with Gasteiger partial charge in [0.05, 0.1) is 33.5 Å². The van der Waals surface area contributed by atoms with Crippen molar-refractivity contribution in [2.45, 2.75) is 57.4 Å². The molecule has 1 unspecified atom stereocenters. The van der Waals surface area contributed by atoms with E-state index in [0.29, 0.717) is 13.2 Å². The summed E-state index contributed by atoms with van der Waals surface area (Å²) < 4.78 is 29.9. The molecule has 8 heteroatoms. The predicted octanol–water partition coefficient (Wildman–Crippen LogP) is 3.60. The fourth-order valence-corrected chi connectivity index (χ4v) is 4.39. The number of benzene rings is 3. The normalized spacial score (nSPS) is 23.1. The minimum Gasteiger partial charge on any atom is -0.497 e. The van der Waals surface area contributed by atoms with Gasteiger partial charge >= 0.3 is 0 Å². The highest BCUT2D eigenvalue weighted by Crippen LogP contribution is 2.28. The summed E-state index contributed by atoms with van der Waals surface area (Å²) >= 11 is 0. The summed E-state index contributed by atoms with van der Waals surface area (Å²) in [5.41, 5.74) is 2.91. The number of aliphatic hydroxyl groups is 1. The molecule has 0 bridgehead atoms. The number of ether oxygens (including phenoxy) is 5. The number of hydrogen-bond acceptors (Lipinski definition) is 7. The van der Waals surface area contributed by atoms with Crippen LogP contribution in [0.25, 0.3) is 0 Å². The summed E-state index contributed by atoms with van der Waals surface area (Å²) in [5, 5.41) is 13.7. The SMILES string of the molecule is COc1ccc(CO[C@H]2[C@@H](OCc3ccccc3)[C@@H](COCc3ccccc3)OC(O)[C@@H]2NC(C)=O)cc1. The van der Waals surface area contributed by atoms with E-state index >= 15 is 0 Å². The third-order valence-corrected chi connectivity index (χ3v) is 6.32. The van der Waals surface area contributed by atoms with Crippen molar-refractivity contribution in [1.29, 1.82) is 0 Å². The standard InChI is InChI=1S/C30H35NO7/c1-21(32)31-27-29(37-19-24-13-15-25(34-2)16-14-24)28(36-18-23-11-7-4-8-12-23)26(38-30(27)33)20-35-17-22-9-5-3-6-10-22/h3-16,26-30,33H,17-20H2,1-2H3,(H,31,32)/t26-,27-,28+,29-,30?/m1/s1. The van der Waals surface area contributed by atoms with Crippen LogP contribution in [0.4, 0.5) is 0 Å². The van der Waals surface area contributed by atoms with Crippen LogP contribution in [0.1, 0.15) is 23.6 Å². The summed E-state index contributed by atoms with van der Waals surface area (Å²) in [6, 6.07) is 26.3. The second-order valence-corrected chi connectivity index (χ2v) is 9.18. The second-order valence-electron chi connectivity index (χ2n) is 9.18. The number of carbonyl (C=O) groups is 1. The molecule has 38 heavy (non-hydrogen) atoms. The molecule has 4 rings (SSSR count). The van der Waals surface area contributed by atoms with E-state index in [0.717, 1.165) is 22.4 Å². The van der Waals surface area contributed by atoms with Gasteiger partial charge in [-0.2, -0.15) is 0 Å². The number of methoxy groups -OCH3 is 1. The first kappa shape index (κ1) is 27.8. The molecule has 1 aliphatic rings. The maximum Gasteiger partial charge on any atom is 0.217 e. The molecule has 202 valence electrons. The van der Waals surface area contributed by atoms with Crippen molar-refractivity contribution in [3.05, 3.63) is 102 Å². The molecule has 1 aliphatic heterocycles. The van der Waals surface area contributed by atoms with E-state index in [2.05, 4.69) is 5.32 Å². The molecule has 8 nitrogen and oxygen atoms in total. The van der Waals surface area contributed by atoms with E-state index in [1.165, 1.54) is 6.92 Å². The van der Waals surface area contributed by atoms with Crippen molar-refractivity contribution in [2.24, 2.45) is 0 Å². The first-order valence-electron chi connectivity index (χ1n) is 12.7. The van der Waals surface area contributed by atoms with Crippen LogP contribution in [0, 0.1) is 0 Å². The topological polar surface area (TPSA) is 95.5 Å². The first-order chi connectivity index (χ1) is 18.5. The molecule has 1 saturated heterocycles. The molecule has 1 fully saturated rings. The lowest BCUT2D eigenvalue weighted by Crippen LogP contribution is -2.65. The number of aliphatic hydroxyl groups excluding tert-OH is 1. The minimum atomic E-state index is -1.30. The zero-order chi connectivity index (χ0) is 26.7. The highest BCUT2D eigenvalue weighted by molar-refractivity contribution is 5.73. The average molecular weight is 522 g/mol. The van der Waals surface area contributed by atoms with Gasteiger partial charge in [0.15, 0.2) is 6.29 Å². The van der Waals surface area contributed by atoms with Crippen LogP contribution in [-0.4, -0.2) is 55.4 Å². The number of amides is 1. The fraction of sp³-hybridized carbons (Fsp3) is 0.367. The molecule has 0 aliphatic carbocycles. The first-order valence-corrected chi connectivity index (χ1v) is 12.7. The maximum absolute atomic E-state index is 12.0. The van der Waals surface area contributed by atoms with Gasteiger partial charge in [-0.3, -0.25) is 4.79 Å². The van der Waals surface area contributed by atoms with Crippen LogP contribution in [-0.2, 0) is 43.6 Å². The Kier molecular flexibility index (Phi) is 10.3. The van der Waals surface area contributed by atoms with Crippen molar-refractivity contribution >= 4 is 5.91 Å². The van der Waals surface area contributed by atoms with E-state index in [-0.39, 0.29) is 19.1 Å². The molecule has 5 atom stereocenters. The molecule has 1 amide bonds. The molecular weight excluding hydrogens is 486 g/mol. The van der Waals surface area contributed by atoms with Gasteiger partial charge in [-0.05, 0) is 28.8 Å². The van der Waals surface area contributed by atoms with Gasteiger partial charge in [-0.1, -0.05) is 72.8 Å². The fourth-order valence-electron chi connectivity index (χ4n) is 4.39. The third-order valence-electron chi connectivity index (χ3n) is 6.32. The minimum absolute atomic E-state index is 0.167. The molecular formula is C30H35NO7. The highest BCUT2D eigenvalue weighted by atomic mass is 16.7. The predicted molar refractivity (Wildman–Crippen MR) is 141 cm³/mol. The second kappa shape index (κ2) is 14.0. The molecule has 0 aromatic heterocycles. The van der Waals surface area contributed by atoms with Crippen molar-refractivity contribution in [3.63, 3.8) is 0 Å². The summed E-state index contributed by atoms with van der Waals surface area (Å²) in [7, 11) is 1.61. The Morgan fingerprint density at radius 2 is 1.37 bits per heavy atom. The molecule has 3 aromatic rings. The van der Waals surface area contributed by atoms with Crippen LogP contribution in [0.2, 0.25) is 0 Å². The highest BCUT2D eigenvalue weighted by Gasteiger charge is 2.47. The molecule has 0 radical (unpaired) electrons. The lowest BCUT2D eigenvalue weighted by Gasteiger charge is -2.44. The summed E-state index contributed by atoms with van der Waals surface area (Å²) in [5.74, 6) is 0.433. The van der Waals surface area contributed by atoms with E-state index in [1.807, 2.05) is 84.9 Å². The van der Waals surface area contributed by atoms with Gasteiger partial charge in [0.2, 0.25) is 5.91 Å². The van der Waals surface area contributed by atoms with Gasteiger partial charge in [-0.25, -0.2) is 0 Å². The Morgan fingerprint density at radius 1 is 0.816 bits per heavy atom. The lowest BCUT2D eigenvalue weighted by molar-refractivity contribution is -0.277. The van der Waals surface area contributed by atoms with Gasteiger partial charge in [-0.15, -0.1) is 0 Å². The van der Waals surface area contributed by atoms with E-state index in [4.69, 9.17) is 23.7 Å². The van der Waals surface area contributed by atoms with Crippen LogP contribution in [0.3, 0.4) is 0 Å². The zero-order valence-corrected chi connectivity index (χ0v) is 21.7. The van der Waals surface area contributed by atoms with Crippen molar-refractivity contribution in [1.82, 2.24) is 5.32 Å². The Hall–Kier alpha value is -3.27. The molecule has 3 aromatic carbocycles. The number of rotatable bonds is 12. The van der Waals surface area contributed by atoms with Gasteiger partial charge in [0.1, 0.15) is 30.1 Å².